The van der Waals surface area contributed by atoms with Crippen molar-refractivity contribution >= 4 is 11.4 Å². The van der Waals surface area contributed by atoms with Crippen LogP contribution in [-0.4, -0.2) is 13.1 Å². The van der Waals surface area contributed by atoms with Crippen LogP contribution in [0, 0.1) is 41.5 Å². The first-order valence-electron chi connectivity index (χ1n) is 9.52. The summed E-state index contributed by atoms with van der Waals surface area (Å²) in [6, 6.07) is 9.02. The van der Waals surface area contributed by atoms with Crippen LogP contribution in [0.4, 0.5) is 11.4 Å². The van der Waals surface area contributed by atoms with Crippen molar-refractivity contribution in [3.05, 3.63) is 57.6 Å². The van der Waals surface area contributed by atoms with Crippen LogP contribution >= 0.6 is 0 Å². The summed E-state index contributed by atoms with van der Waals surface area (Å²) < 4.78 is 0. The third-order valence-electron chi connectivity index (χ3n) is 4.81. The SMILES string of the molecule is Cc1cc(C)c(NCCCCCNc2c(C)cc(C)cc2C)c(C)c1. The normalized spacial score (nSPS) is 10.8. The van der Waals surface area contributed by atoms with Gasteiger partial charge in [0.2, 0.25) is 0 Å². The Morgan fingerprint density at radius 2 is 0.840 bits per heavy atom. The van der Waals surface area contributed by atoms with E-state index in [0.717, 1.165) is 13.1 Å². The molecule has 0 saturated carbocycles. The second-order valence-corrected chi connectivity index (χ2v) is 7.46. The number of hydrogen-bond acceptors (Lipinski definition) is 2. The molecule has 0 aliphatic carbocycles. The Labute approximate surface area is 154 Å². The second kappa shape index (κ2) is 8.94. The van der Waals surface area contributed by atoms with E-state index in [1.165, 1.54) is 64.0 Å². The van der Waals surface area contributed by atoms with Crippen molar-refractivity contribution in [2.75, 3.05) is 23.7 Å². The summed E-state index contributed by atoms with van der Waals surface area (Å²) >= 11 is 0. The molecule has 0 spiro atoms. The minimum absolute atomic E-state index is 1.05. The summed E-state index contributed by atoms with van der Waals surface area (Å²) in [4.78, 5) is 0. The third-order valence-corrected chi connectivity index (χ3v) is 4.81. The number of nitrogens with one attached hydrogen (secondary N) is 2. The first-order chi connectivity index (χ1) is 11.9. The molecular weight excluding hydrogens is 304 g/mol. The molecule has 2 rings (SSSR count). The van der Waals surface area contributed by atoms with Gasteiger partial charge in [-0.3, -0.25) is 0 Å². The van der Waals surface area contributed by atoms with Gasteiger partial charge < -0.3 is 10.6 Å². The van der Waals surface area contributed by atoms with Gasteiger partial charge in [0.1, 0.15) is 0 Å². The van der Waals surface area contributed by atoms with E-state index in [0.29, 0.717) is 0 Å². The Morgan fingerprint density at radius 3 is 1.16 bits per heavy atom. The lowest BCUT2D eigenvalue weighted by molar-refractivity contribution is 0.720. The zero-order valence-corrected chi connectivity index (χ0v) is 16.8. The van der Waals surface area contributed by atoms with E-state index in [9.17, 15) is 0 Å². The van der Waals surface area contributed by atoms with Crippen LogP contribution in [0.5, 0.6) is 0 Å². The molecule has 2 aromatic carbocycles. The van der Waals surface area contributed by atoms with Crippen molar-refractivity contribution in [2.45, 2.75) is 60.8 Å². The fourth-order valence-corrected chi connectivity index (χ4v) is 3.77. The minimum Gasteiger partial charge on any atom is -0.385 e. The molecule has 2 heteroatoms. The van der Waals surface area contributed by atoms with Crippen molar-refractivity contribution in [3.8, 4) is 0 Å². The molecule has 136 valence electrons. The Bertz CT molecular complexity index is 609. The molecule has 0 aromatic heterocycles. The average Bonchev–Trinajstić information content (AvgIpc) is 2.50. The molecular formula is C23H34N2. The van der Waals surface area contributed by atoms with E-state index >= 15 is 0 Å². The lowest BCUT2D eigenvalue weighted by Crippen LogP contribution is -2.08. The topological polar surface area (TPSA) is 24.1 Å². The van der Waals surface area contributed by atoms with Gasteiger partial charge >= 0.3 is 0 Å². The van der Waals surface area contributed by atoms with Crippen molar-refractivity contribution in [3.63, 3.8) is 0 Å². The van der Waals surface area contributed by atoms with Crippen LogP contribution in [0.2, 0.25) is 0 Å². The number of rotatable bonds is 8. The van der Waals surface area contributed by atoms with Gasteiger partial charge in [0, 0.05) is 24.5 Å². The standard InChI is InChI=1S/C23H34N2/c1-16-12-18(3)22(19(4)13-16)24-10-8-7-9-11-25-23-20(5)14-17(2)15-21(23)6/h12-15,24-25H,7-11H2,1-6H3. The number of benzene rings is 2. The van der Waals surface area contributed by atoms with E-state index in [-0.39, 0.29) is 0 Å². The van der Waals surface area contributed by atoms with Gasteiger partial charge in [0.25, 0.3) is 0 Å². The van der Waals surface area contributed by atoms with Gasteiger partial charge in [-0.05, 0) is 83.1 Å². The van der Waals surface area contributed by atoms with Crippen LogP contribution in [0.1, 0.15) is 52.6 Å². The van der Waals surface area contributed by atoms with Crippen molar-refractivity contribution in [1.82, 2.24) is 0 Å². The van der Waals surface area contributed by atoms with Crippen molar-refractivity contribution in [2.24, 2.45) is 0 Å². The molecule has 2 nitrogen and oxygen atoms in total. The molecule has 0 amide bonds. The summed E-state index contributed by atoms with van der Waals surface area (Å²) in [6.07, 6.45) is 3.66. The fraction of sp³-hybridized carbons (Fsp3) is 0.478. The maximum atomic E-state index is 3.62. The van der Waals surface area contributed by atoms with Crippen LogP contribution < -0.4 is 10.6 Å². The predicted molar refractivity (Wildman–Crippen MR) is 112 cm³/mol. The Morgan fingerprint density at radius 1 is 0.520 bits per heavy atom. The maximum absolute atomic E-state index is 3.62. The van der Waals surface area contributed by atoms with Crippen LogP contribution in [0.25, 0.3) is 0 Å². The van der Waals surface area contributed by atoms with Gasteiger partial charge in [-0.25, -0.2) is 0 Å². The van der Waals surface area contributed by atoms with E-state index < -0.39 is 0 Å². The minimum atomic E-state index is 1.05. The highest BCUT2D eigenvalue weighted by Crippen LogP contribution is 2.23. The van der Waals surface area contributed by atoms with Gasteiger partial charge in [-0.15, -0.1) is 0 Å². The number of aryl methyl sites for hydroxylation is 6. The fourth-order valence-electron chi connectivity index (χ4n) is 3.77. The van der Waals surface area contributed by atoms with E-state index in [2.05, 4.69) is 76.4 Å². The van der Waals surface area contributed by atoms with Crippen molar-refractivity contribution in [1.29, 1.82) is 0 Å². The summed E-state index contributed by atoms with van der Waals surface area (Å²) in [5.41, 5.74) is 10.7. The summed E-state index contributed by atoms with van der Waals surface area (Å²) in [6.45, 7) is 15.2. The predicted octanol–water partition coefficient (Wildman–Crippen LogP) is 6.23. The van der Waals surface area contributed by atoms with Gasteiger partial charge in [-0.1, -0.05) is 35.4 Å². The molecule has 0 fully saturated rings. The number of hydrogen-bond donors (Lipinski definition) is 2. The molecule has 2 N–H and O–H groups in total. The first kappa shape index (κ1) is 19.4. The molecule has 0 unspecified atom stereocenters. The Hall–Kier alpha value is -1.96. The lowest BCUT2D eigenvalue weighted by Gasteiger charge is -2.15. The van der Waals surface area contributed by atoms with Crippen molar-refractivity contribution < 1.29 is 0 Å². The second-order valence-electron chi connectivity index (χ2n) is 7.46. The molecule has 0 aliphatic heterocycles. The summed E-state index contributed by atoms with van der Waals surface area (Å²) in [5.74, 6) is 0. The molecule has 0 saturated heterocycles. The Balaban J connectivity index is 1.69. The number of anilines is 2. The summed E-state index contributed by atoms with van der Waals surface area (Å²) in [5, 5.41) is 7.24. The largest absolute Gasteiger partial charge is 0.385 e. The van der Waals surface area contributed by atoms with Gasteiger partial charge in [0.05, 0.1) is 0 Å². The maximum Gasteiger partial charge on any atom is 0.0399 e. The molecule has 0 heterocycles. The molecule has 0 aliphatic rings. The average molecular weight is 339 g/mol. The van der Waals surface area contributed by atoms with E-state index in [4.69, 9.17) is 0 Å². The zero-order valence-electron chi connectivity index (χ0n) is 16.8. The Kier molecular flexibility index (Phi) is 6.92. The smallest absolute Gasteiger partial charge is 0.0399 e. The molecule has 0 bridgehead atoms. The molecule has 2 aromatic rings. The van der Waals surface area contributed by atoms with Crippen LogP contribution in [0.15, 0.2) is 24.3 Å². The van der Waals surface area contributed by atoms with Crippen LogP contribution in [0.3, 0.4) is 0 Å². The quantitative estimate of drug-likeness (QED) is 0.557. The highest BCUT2D eigenvalue weighted by molar-refractivity contribution is 5.58. The lowest BCUT2D eigenvalue weighted by atomic mass is 10.0. The first-order valence-corrected chi connectivity index (χ1v) is 9.52. The number of unbranched alkanes of at least 4 members (excludes halogenated alkanes) is 2. The van der Waals surface area contributed by atoms with E-state index in [1.54, 1.807) is 0 Å². The molecule has 0 radical (unpaired) electrons. The van der Waals surface area contributed by atoms with Crippen LogP contribution in [-0.2, 0) is 0 Å². The third kappa shape index (κ3) is 5.52. The zero-order chi connectivity index (χ0) is 18.4. The van der Waals surface area contributed by atoms with Gasteiger partial charge in [-0.2, -0.15) is 0 Å². The van der Waals surface area contributed by atoms with Gasteiger partial charge in [0.15, 0.2) is 0 Å². The highest BCUT2D eigenvalue weighted by Gasteiger charge is 2.04. The summed E-state index contributed by atoms with van der Waals surface area (Å²) in [7, 11) is 0. The highest BCUT2D eigenvalue weighted by atomic mass is 14.9. The van der Waals surface area contributed by atoms with E-state index in [1.807, 2.05) is 0 Å². The molecule has 0 atom stereocenters. The molecule has 25 heavy (non-hydrogen) atoms. The monoisotopic (exact) mass is 338 g/mol.